The molecule has 9 nitrogen and oxygen atoms in total. The monoisotopic (exact) mass is 400 g/mol. The molecule has 0 spiro atoms. The molecule has 0 aliphatic rings. The van der Waals surface area contributed by atoms with Crippen LogP contribution in [0.2, 0.25) is 0 Å². The molecule has 27 heavy (non-hydrogen) atoms. The minimum atomic E-state index is -4.07. The Bertz CT molecular complexity index is 625. The molecule has 1 N–H and O–H groups in total. The Kier molecular flexibility index (Phi) is 13.9. The number of unbranched alkanes of at least 4 members (excludes halogenated alkanes) is 1. The van der Waals surface area contributed by atoms with Crippen LogP contribution in [0.3, 0.4) is 0 Å². The predicted octanol–water partition coefficient (Wildman–Crippen LogP) is 0.404. The van der Waals surface area contributed by atoms with Crippen molar-refractivity contribution in [3.63, 3.8) is 0 Å². The topological polar surface area (TPSA) is 133 Å². The van der Waals surface area contributed by atoms with Crippen molar-refractivity contribution in [1.29, 1.82) is 0 Å². The average molecular weight is 400 g/mol. The number of ether oxygens (including phenoxy) is 3. The molecule has 0 saturated carbocycles. The summed E-state index contributed by atoms with van der Waals surface area (Å²) in [5.74, 6) is -3.69. The first kappa shape index (κ1) is 27.6. The number of carbonyl (C=O) groups excluding carboxylic acids is 3. The van der Waals surface area contributed by atoms with Crippen LogP contribution in [0, 0.1) is 5.92 Å². The summed E-state index contributed by atoms with van der Waals surface area (Å²) < 4.78 is 44.5. The van der Waals surface area contributed by atoms with Crippen molar-refractivity contribution >= 4 is 46.9 Å². The standard InChI is InChI=1S/C16H24O9S.Li.H/c1-11(2)14(17)24-9-13(10-25-15(18)12(3)4)16(19)23-7-5-6-8-26(20,21)22;;/h13H,1,3,5-10H2,2,4H3,(H,20,21,22);;. The third kappa shape index (κ3) is 14.2. The van der Waals surface area contributed by atoms with Crippen LogP contribution in [0.15, 0.2) is 24.3 Å². The molecule has 0 heterocycles. The Morgan fingerprint density at radius 1 is 0.926 bits per heavy atom. The third-order valence-electron chi connectivity index (χ3n) is 2.90. The van der Waals surface area contributed by atoms with Crippen molar-refractivity contribution in [3.8, 4) is 0 Å². The van der Waals surface area contributed by atoms with E-state index in [0.717, 1.165) is 0 Å². The molecule has 0 radical (unpaired) electrons. The summed E-state index contributed by atoms with van der Waals surface area (Å²) in [4.78, 5) is 34.9. The molecule has 0 amide bonds. The van der Waals surface area contributed by atoms with Crippen LogP contribution >= 0.6 is 0 Å². The fourth-order valence-corrected chi connectivity index (χ4v) is 2.03. The Morgan fingerprint density at radius 2 is 1.37 bits per heavy atom. The molecule has 0 aromatic rings. The quantitative estimate of drug-likeness (QED) is 0.123. The van der Waals surface area contributed by atoms with Gasteiger partial charge in [0.05, 0.1) is 12.4 Å². The zero-order valence-electron chi connectivity index (χ0n) is 14.9. The summed E-state index contributed by atoms with van der Waals surface area (Å²) in [6, 6.07) is 0. The molecular weight excluding hydrogens is 375 g/mol. The van der Waals surface area contributed by atoms with Crippen LogP contribution in [-0.2, 0) is 38.7 Å². The molecular formula is C16H25LiO9S. The van der Waals surface area contributed by atoms with Gasteiger partial charge >= 0.3 is 36.8 Å². The van der Waals surface area contributed by atoms with Gasteiger partial charge in [-0.05, 0) is 26.7 Å². The summed E-state index contributed by atoms with van der Waals surface area (Å²) in [5, 5.41) is 0. The summed E-state index contributed by atoms with van der Waals surface area (Å²) in [6.07, 6.45) is 0.307. The van der Waals surface area contributed by atoms with Gasteiger partial charge in [-0.2, -0.15) is 8.42 Å². The van der Waals surface area contributed by atoms with Gasteiger partial charge in [0.25, 0.3) is 10.1 Å². The van der Waals surface area contributed by atoms with Crippen LogP contribution < -0.4 is 0 Å². The van der Waals surface area contributed by atoms with Gasteiger partial charge in [0.1, 0.15) is 19.1 Å². The van der Waals surface area contributed by atoms with Crippen molar-refractivity contribution in [3.05, 3.63) is 24.3 Å². The Hall–Kier alpha value is -1.60. The summed E-state index contributed by atoms with van der Waals surface area (Å²) in [5.41, 5.74) is 0.280. The molecule has 0 fully saturated rings. The summed E-state index contributed by atoms with van der Waals surface area (Å²) >= 11 is 0. The SMILES string of the molecule is C=C(C)C(=O)OCC(COC(=O)C(=C)C)C(=O)OCCCCS(=O)(=O)O.[LiH]. The van der Waals surface area contributed by atoms with Crippen molar-refractivity contribution in [2.75, 3.05) is 25.6 Å². The number of hydrogen-bond donors (Lipinski definition) is 1. The van der Waals surface area contributed by atoms with Crippen LogP contribution in [-0.4, -0.2) is 75.3 Å². The van der Waals surface area contributed by atoms with Gasteiger partial charge in [-0.25, -0.2) is 9.59 Å². The molecule has 0 rings (SSSR count). The second kappa shape index (κ2) is 13.5. The minimum absolute atomic E-state index is 0. The van der Waals surface area contributed by atoms with Crippen molar-refractivity contribution < 1.29 is 41.6 Å². The molecule has 0 bridgehead atoms. The Labute approximate surface area is 171 Å². The van der Waals surface area contributed by atoms with E-state index in [1.807, 2.05) is 0 Å². The first-order valence-electron chi connectivity index (χ1n) is 7.71. The van der Waals surface area contributed by atoms with E-state index in [4.69, 9.17) is 18.8 Å². The summed E-state index contributed by atoms with van der Waals surface area (Å²) in [7, 11) is -4.07. The zero-order valence-corrected chi connectivity index (χ0v) is 15.7. The molecule has 0 atom stereocenters. The van der Waals surface area contributed by atoms with Gasteiger partial charge in [0.15, 0.2) is 0 Å². The second-order valence-electron chi connectivity index (χ2n) is 5.62. The Balaban J connectivity index is 0. The average Bonchev–Trinajstić information content (AvgIpc) is 2.52. The van der Waals surface area contributed by atoms with Crippen LogP contribution in [0.25, 0.3) is 0 Å². The fourth-order valence-electron chi connectivity index (χ4n) is 1.46. The molecule has 0 aliphatic carbocycles. The van der Waals surface area contributed by atoms with E-state index in [2.05, 4.69) is 13.2 Å². The van der Waals surface area contributed by atoms with Gasteiger partial charge in [-0.1, -0.05) is 13.2 Å². The second-order valence-corrected chi connectivity index (χ2v) is 7.19. The van der Waals surface area contributed by atoms with E-state index in [0.29, 0.717) is 0 Å². The third-order valence-corrected chi connectivity index (χ3v) is 3.71. The van der Waals surface area contributed by atoms with Crippen molar-refractivity contribution in [2.24, 2.45) is 5.92 Å². The Morgan fingerprint density at radius 3 is 1.74 bits per heavy atom. The molecule has 11 heteroatoms. The predicted molar refractivity (Wildman–Crippen MR) is 98.8 cm³/mol. The maximum atomic E-state index is 12.1. The summed E-state index contributed by atoms with van der Waals surface area (Å²) in [6.45, 7) is 8.83. The van der Waals surface area contributed by atoms with Crippen molar-refractivity contribution in [1.82, 2.24) is 0 Å². The fraction of sp³-hybridized carbons (Fsp3) is 0.562. The van der Waals surface area contributed by atoms with Crippen LogP contribution in [0.4, 0.5) is 0 Å². The molecule has 150 valence electrons. The number of carbonyl (C=O) groups is 3. The van der Waals surface area contributed by atoms with E-state index < -0.39 is 39.7 Å². The molecule has 0 aliphatic heterocycles. The van der Waals surface area contributed by atoms with Gasteiger partial charge in [0.2, 0.25) is 0 Å². The van der Waals surface area contributed by atoms with E-state index in [-0.39, 0.29) is 62.7 Å². The number of rotatable bonds is 12. The molecule has 0 aromatic heterocycles. The van der Waals surface area contributed by atoms with Crippen LogP contribution in [0.5, 0.6) is 0 Å². The first-order chi connectivity index (χ1) is 11.9. The van der Waals surface area contributed by atoms with E-state index in [9.17, 15) is 22.8 Å². The van der Waals surface area contributed by atoms with Crippen LogP contribution in [0.1, 0.15) is 26.7 Å². The normalized spacial score (nSPS) is 10.5. The maximum absolute atomic E-state index is 12.1. The number of esters is 3. The first-order valence-corrected chi connectivity index (χ1v) is 9.32. The van der Waals surface area contributed by atoms with Gasteiger partial charge < -0.3 is 14.2 Å². The van der Waals surface area contributed by atoms with E-state index in [1.54, 1.807) is 0 Å². The number of hydrogen-bond acceptors (Lipinski definition) is 8. The molecule has 0 aromatic carbocycles. The van der Waals surface area contributed by atoms with Gasteiger partial charge in [0, 0.05) is 11.1 Å². The molecule has 0 saturated heterocycles. The van der Waals surface area contributed by atoms with E-state index >= 15 is 0 Å². The van der Waals surface area contributed by atoms with Gasteiger partial charge in [-0.3, -0.25) is 9.35 Å². The van der Waals surface area contributed by atoms with Gasteiger partial charge in [-0.15, -0.1) is 0 Å². The van der Waals surface area contributed by atoms with Crippen molar-refractivity contribution in [2.45, 2.75) is 26.7 Å². The van der Waals surface area contributed by atoms with E-state index in [1.165, 1.54) is 13.8 Å². The molecule has 0 unspecified atom stereocenters. The zero-order chi connectivity index (χ0) is 20.3.